The number of benzene rings is 4. The maximum absolute atomic E-state index is 9.19. The summed E-state index contributed by atoms with van der Waals surface area (Å²) in [5.74, 6) is 0. The minimum Gasteiger partial charge on any atom is -0.395 e. The molecule has 2 N–H and O–H groups in total. The number of anilines is 1. The van der Waals surface area contributed by atoms with Crippen LogP contribution in [0.25, 0.3) is 22.3 Å². The maximum atomic E-state index is 9.19. The van der Waals surface area contributed by atoms with Gasteiger partial charge in [0.1, 0.15) is 0 Å². The number of rotatable bonds is 6. The van der Waals surface area contributed by atoms with E-state index in [2.05, 4.69) is 84.2 Å². The Hall–Kier alpha value is -2.32. The Kier molecular flexibility index (Phi) is 16.0. The zero-order chi connectivity index (χ0) is 31.2. The van der Waals surface area contributed by atoms with E-state index in [1.807, 2.05) is 37.4 Å². The van der Waals surface area contributed by atoms with Gasteiger partial charge in [-0.25, -0.2) is 0 Å². The van der Waals surface area contributed by atoms with E-state index in [-0.39, 0.29) is 28.3 Å². The molecule has 4 nitrogen and oxygen atoms in total. The number of para-hydroxylation sites is 1. The zero-order valence-electron chi connectivity index (χ0n) is 26.5. The molecule has 0 atom stereocenters. The standard InChI is InChI=1S/C24H31P.C13H12N.CH4O3S.Pd/c1-4-12-20(13-5-1)23-18-10-11-19-24(23)25(21-14-6-2-7-15-21)22-16-8-3-9-17-22;1-14-13-10-6-5-9-12(13)11-7-3-2-4-8-11;1-5(2,3)4;/h1,4-5,10-13,18-19,21-22H,2-3,6-9,14-17H2;2-7,9-10,14H,1H3;1H3,(H,2,3,4);/q;-1;;. The first-order valence-electron chi connectivity index (χ1n) is 15.9. The second-order valence-electron chi connectivity index (χ2n) is 11.7. The molecule has 0 aliphatic heterocycles. The third-order valence-corrected chi connectivity index (χ3v) is 12.0. The first-order chi connectivity index (χ1) is 21.3. The molecule has 2 aliphatic carbocycles. The van der Waals surface area contributed by atoms with Gasteiger partial charge in [-0.3, -0.25) is 4.55 Å². The van der Waals surface area contributed by atoms with Gasteiger partial charge in [-0.1, -0.05) is 125 Å². The molecule has 0 saturated heterocycles. The molecule has 0 unspecified atom stereocenters. The summed E-state index contributed by atoms with van der Waals surface area (Å²) in [6, 6.07) is 40.0. The van der Waals surface area contributed by atoms with Crippen molar-refractivity contribution >= 4 is 29.0 Å². The van der Waals surface area contributed by atoms with Crippen LogP contribution in [-0.2, 0) is 30.5 Å². The second-order valence-corrected chi connectivity index (χ2v) is 15.9. The van der Waals surface area contributed by atoms with Crippen molar-refractivity contribution in [2.75, 3.05) is 18.6 Å². The van der Waals surface area contributed by atoms with Crippen molar-refractivity contribution < 1.29 is 33.4 Å². The summed E-state index contributed by atoms with van der Waals surface area (Å²) in [6.07, 6.45) is 15.4. The molecule has 4 aromatic carbocycles. The van der Waals surface area contributed by atoms with Crippen LogP contribution in [0.15, 0.2) is 103 Å². The Balaban J connectivity index is 0.000000233. The van der Waals surface area contributed by atoms with Gasteiger partial charge in [0.2, 0.25) is 0 Å². The Labute approximate surface area is 286 Å². The molecule has 2 fully saturated rings. The summed E-state index contributed by atoms with van der Waals surface area (Å²) >= 11 is 0. The summed E-state index contributed by atoms with van der Waals surface area (Å²) in [6.45, 7) is 0. The summed E-state index contributed by atoms with van der Waals surface area (Å²) in [4.78, 5) is 0. The van der Waals surface area contributed by atoms with Gasteiger partial charge in [0.05, 0.1) is 6.26 Å². The van der Waals surface area contributed by atoms with Gasteiger partial charge in [-0.2, -0.15) is 8.42 Å². The SMILES string of the molecule is CNc1ccccc1-c1[c-]cccc1.CS(=O)(=O)O.[Pd].c1ccc(-c2ccccc2P(C2CCCCC2)C2CCCCC2)cc1. The molecular weight excluding hydrogens is 688 g/mol. The molecule has 45 heavy (non-hydrogen) atoms. The molecule has 0 spiro atoms. The van der Waals surface area contributed by atoms with Gasteiger partial charge in [-0.05, 0) is 65.2 Å². The van der Waals surface area contributed by atoms with E-state index < -0.39 is 10.1 Å². The van der Waals surface area contributed by atoms with Crippen molar-refractivity contribution in [1.82, 2.24) is 0 Å². The first kappa shape index (κ1) is 37.1. The topological polar surface area (TPSA) is 66.4 Å². The van der Waals surface area contributed by atoms with Crippen LogP contribution in [0.3, 0.4) is 0 Å². The molecule has 2 saturated carbocycles. The van der Waals surface area contributed by atoms with Crippen LogP contribution in [-0.4, -0.2) is 37.6 Å². The van der Waals surface area contributed by atoms with Crippen molar-refractivity contribution in [2.24, 2.45) is 0 Å². The van der Waals surface area contributed by atoms with E-state index in [1.165, 1.54) is 80.9 Å². The van der Waals surface area contributed by atoms with Gasteiger partial charge in [0.15, 0.2) is 0 Å². The average molecular weight is 735 g/mol. The summed E-state index contributed by atoms with van der Waals surface area (Å²) in [5, 5.41) is 4.88. The minimum absolute atomic E-state index is 0. The van der Waals surface area contributed by atoms with Crippen LogP contribution in [0.4, 0.5) is 5.69 Å². The number of hydrogen-bond donors (Lipinski definition) is 2. The molecule has 0 radical (unpaired) electrons. The van der Waals surface area contributed by atoms with Gasteiger partial charge in [0, 0.05) is 27.5 Å². The van der Waals surface area contributed by atoms with Crippen LogP contribution in [0.5, 0.6) is 0 Å². The predicted molar refractivity (Wildman–Crippen MR) is 190 cm³/mol. The van der Waals surface area contributed by atoms with Crippen molar-refractivity contribution in [1.29, 1.82) is 0 Å². The minimum atomic E-state index is -3.67. The summed E-state index contributed by atoms with van der Waals surface area (Å²) < 4.78 is 25.9. The Morgan fingerprint density at radius 1 is 0.689 bits per heavy atom. The van der Waals surface area contributed by atoms with Crippen molar-refractivity contribution in [2.45, 2.75) is 75.5 Å². The molecule has 2 aliphatic rings. The quantitative estimate of drug-likeness (QED) is 0.0896. The third-order valence-electron chi connectivity index (χ3n) is 8.40. The maximum Gasteiger partial charge on any atom is 0.261 e. The number of nitrogens with one attached hydrogen (secondary N) is 1. The van der Waals surface area contributed by atoms with E-state index in [0.29, 0.717) is 6.26 Å². The first-order valence-corrected chi connectivity index (χ1v) is 19.3. The molecule has 4 aromatic rings. The zero-order valence-corrected chi connectivity index (χ0v) is 29.7. The van der Waals surface area contributed by atoms with Crippen LogP contribution < -0.4 is 10.6 Å². The Morgan fingerprint density at radius 3 is 1.71 bits per heavy atom. The van der Waals surface area contributed by atoms with Gasteiger partial charge >= 0.3 is 0 Å². The van der Waals surface area contributed by atoms with Crippen LogP contribution in [0, 0.1) is 6.07 Å². The molecule has 6 rings (SSSR count). The largest absolute Gasteiger partial charge is 0.395 e. The fraction of sp³-hybridized carbons (Fsp3) is 0.368. The third kappa shape index (κ3) is 12.1. The van der Waals surface area contributed by atoms with Gasteiger partial charge in [-0.15, -0.1) is 35.9 Å². The molecule has 7 heteroatoms. The van der Waals surface area contributed by atoms with E-state index >= 15 is 0 Å². The van der Waals surface area contributed by atoms with E-state index in [4.69, 9.17) is 4.55 Å². The van der Waals surface area contributed by atoms with Crippen LogP contribution >= 0.6 is 7.92 Å². The van der Waals surface area contributed by atoms with E-state index in [9.17, 15) is 8.42 Å². The smallest absolute Gasteiger partial charge is 0.261 e. The fourth-order valence-electron chi connectivity index (χ4n) is 6.47. The second kappa shape index (κ2) is 19.4. The predicted octanol–water partition coefficient (Wildman–Crippen LogP) is 9.82. The van der Waals surface area contributed by atoms with E-state index in [1.54, 1.807) is 5.30 Å². The Bertz CT molecular complexity index is 1480. The Morgan fingerprint density at radius 2 is 1.18 bits per heavy atom. The van der Waals surface area contributed by atoms with E-state index in [0.717, 1.165) is 22.6 Å². The van der Waals surface area contributed by atoms with Crippen molar-refractivity contribution in [3.05, 3.63) is 109 Å². The summed E-state index contributed by atoms with van der Waals surface area (Å²) in [5.41, 5.74) is 8.32. The molecule has 0 heterocycles. The molecular formula is C38H47NO3PPdS-. The molecule has 244 valence electrons. The van der Waals surface area contributed by atoms with Gasteiger partial charge < -0.3 is 5.32 Å². The normalized spacial score (nSPS) is 15.5. The number of hydrogen-bond acceptors (Lipinski definition) is 3. The van der Waals surface area contributed by atoms with Crippen molar-refractivity contribution in [3.63, 3.8) is 0 Å². The van der Waals surface area contributed by atoms with Crippen molar-refractivity contribution in [3.8, 4) is 22.3 Å². The fourth-order valence-corrected chi connectivity index (χ4v) is 10.4. The van der Waals surface area contributed by atoms with Crippen LogP contribution in [0.2, 0.25) is 0 Å². The van der Waals surface area contributed by atoms with Gasteiger partial charge in [0.25, 0.3) is 10.1 Å². The monoisotopic (exact) mass is 734 g/mol. The van der Waals surface area contributed by atoms with Crippen LogP contribution in [0.1, 0.15) is 64.2 Å². The molecule has 0 amide bonds. The molecule has 0 bridgehead atoms. The average Bonchev–Trinajstić information content (AvgIpc) is 3.06. The molecule has 0 aromatic heterocycles. The summed E-state index contributed by atoms with van der Waals surface area (Å²) in [7, 11) is -1.77.